The zero-order chi connectivity index (χ0) is 52.4. The van der Waals surface area contributed by atoms with Crippen LogP contribution in [0.4, 0.5) is 0 Å². The van der Waals surface area contributed by atoms with E-state index in [9.17, 15) is 73.5 Å². The number of carboxylic acid groups (broad SMARTS) is 4. The number of rotatable bonds is 41. The number of unbranched alkanes of at least 4 members (excludes halogenated alkanes) is 13. The lowest BCUT2D eigenvalue weighted by molar-refractivity contribution is -0.144. The quantitative estimate of drug-likeness (QED) is 0.0304. The van der Waals surface area contributed by atoms with Gasteiger partial charge >= 0.3 is 23.9 Å². The van der Waals surface area contributed by atoms with E-state index in [1.54, 1.807) is 13.8 Å². The third-order valence-corrected chi connectivity index (χ3v) is 12.8. The molecule has 5 amide bonds. The zero-order valence-electron chi connectivity index (χ0n) is 41.4. The van der Waals surface area contributed by atoms with Crippen molar-refractivity contribution in [2.24, 2.45) is 17.8 Å². The zero-order valence-corrected chi connectivity index (χ0v) is 41.4. The number of aliphatic hydroxyl groups is 2. The van der Waals surface area contributed by atoms with E-state index in [2.05, 4.69) is 26.6 Å². The van der Waals surface area contributed by atoms with E-state index in [0.29, 0.717) is 38.6 Å². The van der Waals surface area contributed by atoms with E-state index < -0.39 is 116 Å². The molecule has 11 N–H and O–H groups in total. The molecule has 1 aliphatic rings. The third-order valence-electron chi connectivity index (χ3n) is 12.8. The van der Waals surface area contributed by atoms with E-state index in [-0.39, 0.29) is 49.2 Å². The average molecular weight is 998 g/mol. The first-order valence-electron chi connectivity index (χ1n) is 25.4. The minimum Gasteiger partial charge on any atom is -0.481 e. The molecular weight excluding hydrogens is 915 g/mol. The van der Waals surface area contributed by atoms with Crippen molar-refractivity contribution in [1.82, 2.24) is 26.6 Å². The van der Waals surface area contributed by atoms with Crippen LogP contribution in [0.1, 0.15) is 194 Å². The Morgan fingerprint density at radius 2 is 0.814 bits per heavy atom. The number of hydrogen-bond donors (Lipinski definition) is 11. The van der Waals surface area contributed by atoms with Crippen molar-refractivity contribution < 1.29 is 78.6 Å². The molecule has 400 valence electrons. The third kappa shape index (κ3) is 30.4. The highest BCUT2D eigenvalue weighted by molar-refractivity contribution is 5.88. The first-order valence-corrected chi connectivity index (χ1v) is 25.4. The van der Waals surface area contributed by atoms with Gasteiger partial charge in [0.2, 0.25) is 29.5 Å². The van der Waals surface area contributed by atoms with E-state index in [4.69, 9.17) is 5.11 Å². The molecule has 0 aromatic carbocycles. The first kappa shape index (κ1) is 62.8. The summed E-state index contributed by atoms with van der Waals surface area (Å²) in [6.45, 7) is 3.81. The molecule has 0 aliphatic heterocycles. The molecular formula is C49H83N5O16. The van der Waals surface area contributed by atoms with Crippen molar-refractivity contribution in [2.45, 2.75) is 224 Å². The standard InChI is InChI=1S/C49H83N5O16/c1-32(2)39(55)27-23-35(46(63)64)51-41(57)28-24-36(47(65)66)52-42(58)29-25-37(48(67)68)53-43(59)30-26-38(49(69)70)54-45(62)34-21-19-33(20-22-34)31-50-40(56)17-15-13-11-9-7-5-3-4-6-8-10-12-14-16-18-44(60)61/h32-38,49,69-70H,3-31H2,1-2H3,(H,50,56)(H,51,57)(H,52,58)(H,53,59)(H,54,62)(H,60,61)(H,63,64)(H,65,66)(H,67,68)/t33?,34?,35-,36?,37-,38?/m0/s1. The van der Waals surface area contributed by atoms with E-state index >= 15 is 0 Å². The molecule has 1 rings (SSSR count). The molecule has 0 bridgehead atoms. The molecule has 70 heavy (non-hydrogen) atoms. The van der Waals surface area contributed by atoms with Gasteiger partial charge in [0.1, 0.15) is 23.9 Å². The highest BCUT2D eigenvalue weighted by Gasteiger charge is 2.31. The minimum atomic E-state index is -2.03. The van der Waals surface area contributed by atoms with Gasteiger partial charge in [-0.3, -0.25) is 33.6 Å². The van der Waals surface area contributed by atoms with Gasteiger partial charge in [0.25, 0.3) is 0 Å². The maximum Gasteiger partial charge on any atom is 0.326 e. The summed E-state index contributed by atoms with van der Waals surface area (Å²) < 4.78 is 0. The lowest BCUT2D eigenvalue weighted by Gasteiger charge is -2.30. The Morgan fingerprint density at radius 3 is 1.19 bits per heavy atom. The summed E-state index contributed by atoms with van der Waals surface area (Å²) in [5.41, 5.74) is 0. The van der Waals surface area contributed by atoms with Gasteiger partial charge in [-0.15, -0.1) is 0 Å². The molecule has 0 aromatic heterocycles. The molecule has 0 radical (unpaired) electrons. The highest BCUT2D eigenvalue weighted by atomic mass is 16.5. The van der Waals surface area contributed by atoms with Crippen LogP contribution in [0.25, 0.3) is 0 Å². The van der Waals surface area contributed by atoms with Crippen LogP contribution in [-0.2, 0) is 47.9 Å². The van der Waals surface area contributed by atoms with Gasteiger partial charge in [-0.05, 0) is 70.1 Å². The summed E-state index contributed by atoms with van der Waals surface area (Å²) >= 11 is 0. The molecule has 0 saturated heterocycles. The van der Waals surface area contributed by atoms with Gasteiger partial charge < -0.3 is 57.2 Å². The van der Waals surface area contributed by atoms with Crippen LogP contribution in [-0.4, -0.2) is 127 Å². The second kappa shape index (κ2) is 36.7. The van der Waals surface area contributed by atoms with Gasteiger partial charge in [-0.2, -0.15) is 0 Å². The van der Waals surface area contributed by atoms with Crippen LogP contribution in [0.5, 0.6) is 0 Å². The number of Topliss-reactive ketones (excluding diaryl/α,β-unsaturated/α-hetero) is 1. The smallest absolute Gasteiger partial charge is 0.326 e. The number of carbonyl (C=O) groups excluding carboxylic acids is 6. The van der Waals surface area contributed by atoms with Gasteiger partial charge in [-0.25, -0.2) is 14.4 Å². The van der Waals surface area contributed by atoms with Crippen LogP contribution >= 0.6 is 0 Å². The Balaban J connectivity index is 2.35. The van der Waals surface area contributed by atoms with Gasteiger partial charge in [-0.1, -0.05) is 90.9 Å². The summed E-state index contributed by atoms with van der Waals surface area (Å²) in [5.74, 6) is -8.83. The van der Waals surface area contributed by atoms with Crippen molar-refractivity contribution in [3.05, 3.63) is 0 Å². The average Bonchev–Trinajstić information content (AvgIpc) is 3.30. The fourth-order valence-electron chi connectivity index (χ4n) is 8.24. The van der Waals surface area contributed by atoms with Crippen LogP contribution in [0.3, 0.4) is 0 Å². The molecule has 1 saturated carbocycles. The van der Waals surface area contributed by atoms with Crippen molar-refractivity contribution in [1.29, 1.82) is 0 Å². The van der Waals surface area contributed by atoms with Gasteiger partial charge in [0, 0.05) is 56.9 Å². The monoisotopic (exact) mass is 998 g/mol. The summed E-state index contributed by atoms with van der Waals surface area (Å²) in [6, 6.07) is -5.83. The summed E-state index contributed by atoms with van der Waals surface area (Å²) in [4.78, 5) is 121. The number of carboxylic acids is 4. The fourth-order valence-corrected chi connectivity index (χ4v) is 8.24. The van der Waals surface area contributed by atoms with Gasteiger partial charge in [0.05, 0.1) is 6.04 Å². The lowest BCUT2D eigenvalue weighted by atomic mass is 9.81. The number of hydrogen-bond acceptors (Lipinski definition) is 12. The number of carbonyl (C=O) groups is 10. The predicted molar refractivity (Wildman–Crippen MR) is 256 cm³/mol. The molecule has 0 spiro atoms. The Labute approximate surface area is 411 Å². The Morgan fingerprint density at radius 1 is 0.443 bits per heavy atom. The number of aliphatic carboxylic acids is 4. The number of ketones is 1. The maximum absolute atomic E-state index is 13.1. The molecule has 0 aromatic rings. The summed E-state index contributed by atoms with van der Waals surface area (Å²) in [5, 5.41) is 69.5. The van der Waals surface area contributed by atoms with E-state index in [1.165, 1.54) is 44.9 Å². The molecule has 4 atom stereocenters. The fraction of sp³-hybridized carbons (Fsp3) is 0.796. The number of nitrogens with one attached hydrogen (secondary N) is 5. The molecule has 1 aliphatic carbocycles. The Hall–Kier alpha value is -5.18. The SMILES string of the molecule is CC(C)C(=O)CC[C@H](NC(=O)CCC(NC(=O)CC[C@H](NC(=O)CCC(NC(=O)C1CCC(CNC(=O)CCCCCCCCCCCCCCCCC(=O)O)CC1)C(O)O)C(=O)O)C(=O)O)C(=O)O. The second-order valence-electron chi connectivity index (χ2n) is 19.0. The molecule has 21 nitrogen and oxygen atoms in total. The van der Waals surface area contributed by atoms with Crippen LogP contribution in [0, 0.1) is 17.8 Å². The number of aliphatic hydroxyl groups excluding tert-OH is 1. The normalized spacial score (nSPS) is 16.3. The Kier molecular flexibility index (Phi) is 33.0. The molecule has 21 heteroatoms. The number of amides is 5. The summed E-state index contributed by atoms with van der Waals surface area (Å²) in [7, 11) is 0. The highest BCUT2D eigenvalue weighted by Crippen LogP contribution is 2.29. The van der Waals surface area contributed by atoms with Crippen molar-refractivity contribution >= 4 is 59.2 Å². The molecule has 1 fully saturated rings. The van der Waals surface area contributed by atoms with Crippen molar-refractivity contribution in [3.8, 4) is 0 Å². The van der Waals surface area contributed by atoms with Crippen LogP contribution < -0.4 is 26.6 Å². The Bertz CT molecular complexity index is 1650. The predicted octanol–water partition coefficient (Wildman–Crippen LogP) is 4.08. The molecule has 0 heterocycles. The van der Waals surface area contributed by atoms with Gasteiger partial charge in [0.15, 0.2) is 6.29 Å². The first-order chi connectivity index (χ1) is 33.2. The van der Waals surface area contributed by atoms with E-state index in [1.807, 2.05) is 0 Å². The minimum absolute atomic E-state index is 0.00990. The largest absolute Gasteiger partial charge is 0.481 e. The van der Waals surface area contributed by atoms with Crippen LogP contribution in [0.2, 0.25) is 0 Å². The maximum atomic E-state index is 13.1. The lowest BCUT2D eigenvalue weighted by Crippen LogP contribution is -2.48. The topological polar surface area (TPSA) is 352 Å². The van der Waals surface area contributed by atoms with E-state index in [0.717, 1.165) is 44.9 Å². The van der Waals surface area contributed by atoms with Crippen LogP contribution in [0.15, 0.2) is 0 Å². The summed E-state index contributed by atoms with van der Waals surface area (Å²) in [6.07, 6.45) is 13.7. The van der Waals surface area contributed by atoms with Crippen molar-refractivity contribution in [2.75, 3.05) is 6.54 Å². The molecule has 2 unspecified atom stereocenters. The second-order valence-corrected chi connectivity index (χ2v) is 19.0. The van der Waals surface area contributed by atoms with Crippen molar-refractivity contribution in [3.63, 3.8) is 0 Å².